The zero-order valence-electron chi connectivity index (χ0n) is 14.7. The lowest BCUT2D eigenvalue weighted by Crippen LogP contribution is -2.49. The topological polar surface area (TPSA) is 74.3 Å². The number of rotatable bonds is 5. The van der Waals surface area contributed by atoms with E-state index >= 15 is 0 Å². The van der Waals surface area contributed by atoms with Crippen LogP contribution in [-0.4, -0.2) is 47.5 Å². The number of nitrogens with one attached hydrogen (secondary N) is 2. The monoisotopic (exact) mass is 352 g/mol. The van der Waals surface area contributed by atoms with Crippen molar-refractivity contribution in [3.8, 4) is 0 Å². The molecule has 0 atom stereocenters. The average Bonchev–Trinajstić information content (AvgIpc) is 2.70. The number of amides is 3. The molecule has 6 nitrogen and oxygen atoms in total. The van der Waals surface area contributed by atoms with Gasteiger partial charge in [0.2, 0.25) is 0 Å². The molecule has 1 aliphatic heterocycles. The minimum atomic E-state index is -0.0510. The number of urea groups is 1. The van der Waals surface area contributed by atoms with Gasteiger partial charge in [-0.2, -0.15) is 0 Å². The SMILES string of the molecule is O=C(NC1CCN(C(=O)NCCc2cccnc2)CC1)c1ccccc1. The predicted octanol–water partition coefficient (Wildman–Crippen LogP) is 2.23. The summed E-state index contributed by atoms with van der Waals surface area (Å²) in [7, 11) is 0. The molecule has 3 rings (SSSR count). The van der Waals surface area contributed by atoms with Crippen molar-refractivity contribution in [1.82, 2.24) is 20.5 Å². The molecule has 0 saturated carbocycles. The van der Waals surface area contributed by atoms with E-state index in [1.165, 1.54) is 0 Å². The van der Waals surface area contributed by atoms with Crippen LogP contribution < -0.4 is 10.6 Å². The van der Waals surface area contributed by atoms with E-state index in [0.717, 1.165) is 24.8 Å². The molecule has 3 amide bonds. The fourth-order valence-electron chi connectivity index (χ4n) is 3.06. The van der Waals surface area contributed by atoms with Crippen LogP contribution in [0, 0.1) is 0 Å². The Hall–Kier alpha value is -2.89. The minimum absolute atomic E-state index is 0.0401. The van der Waals surface area contributed by atoms with Crippen LogP contribution in [0.2, 0.25) is 0 Å². The van der Waals surface area contributed by atoms with Gasteiger partial charge < -0.3 is 15.5 Å². The Morgan fingerprint density at radius 2 is 1.85 bits per heavy atom. The van der Waals surface area contributed by atoms with Gasteiger partial charge >= 0.3 is 6.03 Å². The number of pyridine rings is 1. The van der Waals surface area contributed by atoms with Crippen LogP contribution in [0.1, 0.15) is 28.8 Å². The van der Waals surface area contributed by atoms with Crippen molar-refractivity contribution in [2.45, 2.75) is 25.3 Å². The van der Waals surface area contributed by atoms with Crippen LogP contribution >= 0.6 is 0 Å². The van der Waals surface area contributed by atoms with Crippen molar-refractivity contribution in [2.24, 2.45) is 0 Å². The van der Waals surface area contributed by atoms with Gasteiger partial charge in [0.15, 0.2) is 0 Å². The van der Waals surface area contributed by atoms with Crippen LogP contribution in [0.15, 0.2) is 54.9 Å². The molecule has 2 aromatic rings. The van der Waals surface area contributed by atoms with Crippen LogP contribution in [0.3, 0.4) is 0 Å². The molecule has 1 aromatic heterocycles. The molecule has 0 aliphatic carbocycles. The van der Waals surface area contributed by atoms with E-state index in [1.54, 1.807) is 18.3 Å². The lowest BCUT2D eigenvalue weighted by Gasteiger charge is -2.32. The number of likely N-dealkylation sites (tertiary alicyclic amines) is 1. The zero-order valence-corrected chi connectivity index (χ0v) is 14.7. The third kappa shape index (κ3) is 5.05. The Kier molecular flexibility index (Phi) is 6.19. The zero-order chi connectivity index (χ0) is 18.2. The molecule has 26 heavy (non-hydrogen) atoms. The number of nitrogens with zero attached hydrogens (tertiary/aromatic N) is 2. The number of carbonyl (C=O) groups is 2. The highest BCUT2D eigenvalue weighted by atomic mass is 16.2. The third-order valence-electron chi connectivity index (χ3n) is 4.57. The van der Waals surface area contributed by atoms with E-state index in [-0.39, 0.29) is 18.0 Å². The summed E-state index contributed by atoms with van der Waals surface area (Å²) in [6.07, 6.45) is 5.86. The summed E-state index contributed by atoms with van der Waals surface area (Å²) in [6.45, 7) is 1.89. The van der Waals surface area contributed by atoms with Crippen molar-refractivity contribution in [2.75, 3.05) is 19.6 Å². The smallest absolute Gasteiger partial charge is 0.317 e. The summed E-state index contributed by atoms with van der Waals surface area (Å²) in [6, 6.07) is 13.2. The summed E-state index contributed by atoms with van der Waals surface area (Å²) in [5.41, 5.74) is 1.78. The third-order valence-corrected chi connectivity index (χ3v) is 4.57. The van der Waals surface area contributed by atoms with E-state index in [2.05, 4.69) is 15.6 Å². The first kappa shape index (κ1) is 17.9. The summed E-state index contributed by atoms with van der Waals surface area (Å²) in [4.78, 5) is 30.3. The van der Waals surface area contributed by atoms with E-state index < -0.39 is 0 Å². The van der Waals surface area contributed by atoms with Crippen LogP contribution in [-0.2, 0) is 6.42 Å². The van der Waals surface area contributed by atoms with Crippen LogP contribution in [0.25, 0.3) is 0 Å². The van der Waals surface area contributed by atoms with Gasteiger partial charge in [-0.05, 0) is 43.0 Å². The molecular weight excluding hydrogens is 328 g/mol. The molecule has 2 heterocycles. The van der Waals surface area contributed by atoms with E-state index in [9.17, 15) is 9.59 Å². The van der Waals surface area contributed by atoms with Gasteiger partial charge in [0.25, 0.3) is 5.91 Å². The second-order valence-corrected chi connectivity index (χ2v) is 6.44. The molecular formula is C20H24N4O2. The summed E-state index contributed by atoms with van der Waals surface area (Å²) in [5, 5.41) is 6.01. The van der Waals surface area contributed by atoms with Crippen LogP contribution in [0.4, 0.5) is 4.79 Å². The van der Waals surface area contributed by atoms with Gasteiger partial charge in [0.05, 0.1) is 0 Å². The molecule has 1 saturated heterocycles. The Bertz CT molecular complexity index is 713. The number of carbonyl (C=O) groups excluding carboxylic acids is 2. The van der Waals surface area contributed by atoms with E-state index in [0.29, 0.717) is 25.2 Å². The Morgan fingerprint density at radius 3 is 2.54 bits per heavy atom. The first-order valence-corrected chi connectivity index (χ1v) is 9.00. The fraction of sp³-hybridized carbons (Fsp3) is 0.350. The van der Waals surface area contributed by atoms with Gasteiger partial charge in [0, 0.05) is 43.6 Å². The number of benzene rings is 1. The average molecular weight is 352 g/mol. The molecule has 0 spiro atoms. The summed E-state index contributed by atoms with van der Waals surface area (Å²) in [5.74, 6) is -0.0510. The second kappa shape index (κ2) is 8.99. The Labute approximate surface area is 153 Å². The highest BCUT2D eigenvalue weighted by Crippen LogP contribution is 2.11. The van der Waals surface area contributed by atoms with Crippen molar-refractivity contribution in [1.29, 1.82) is 0 Å². The number of hydrogen-bond acceptors (Lipinski definition) is 3. The maximum atomic E-state index is 12.3. The van der Waals surface area contributed by atoms with Crippen molar-refractivity contribution in [3.63, 3.8) is 0 Å². The van der Waals surface area contributed by atoms with Crippen molar-refractivity contribution < 1.29 is 9.59 Å². The maximum Gasteiger partial charge on any atom is 0.317 e. The lowest BCUT2D eigenvalue weighted by atomic mass is 10.0. The maximum absolute atomic E-state index is 12.3. The molecule has 1 fully saturated rings. The lowest BCUT2D eigenvalue weighted by molar-refractivity contribution is 0.0918. The van der Waals surface area contributed by atoms with Gasteiger partial charge in [-0.25, -0.2) is 4.79 Å². The second-order valence-electron chi connectivity index (χ2n) is 6.44. The first-order valence-electron chi connectivity index (χ1n) is 9.00. The highest BCUT2D eigenvalue weighted by molar-refractivity contribution is 5.94. The molecule has 136 valence electrons. The first-order chi connectivity index (χ1) is 12.7. The van der Waals surface area contributed by atoms with Gasteiger partial charge in [-0.15, -0.1) is 0 Å². The molecule has 1 aliphatic rings. The van der Waals surface area contributed by atoms with Crippen molar-refractivity contribution >= 4 is 11.9 Å². The summed E-state index contributed by atoms with van der Waals surface area (Å²) >= 11 is 0. The Morgan fingerprint density at radius 1 is 1.08 bits per heavy atom. The van der Waals surface area contributed by atoms with Crippen LogP contribution in [0.5, 0.6) is 0 Å². The number of aromatic nitrogens is 1. The molecule has 0 unspecified atom stereocenters. The highest BCUT2D eigenvalue weighted by Gasteiger charge is 2.23. The van der Waals surface area contributed by atoms with Gasteiger partial charge in [0.1, 0.15) is 0 Å². The molecule has 1 aromatic carbocycles. The number of hydrogen-bond donors (Lipinski definition) is 2. The standard InChI is InChI=1S/C20H24N4O2/c25-19(17-6-2-1-3-7-17)23-18-9-13-24(14-10-18)20(26)22-12-8-16-5-4-11-21-15-16/h1-7,11,15,18H,8-10,12-14H2,(H,22,26)(H,23,25). The normalized spacial score (nSPS) is 14.7. The Balaban J connectivity index is 1.37. The largest absolute Gasteiger partial charge is 0.349 e. The molecule has 0 radical (unpaired) electrons. The minimum Gasteiger partial charge on any atom is -0.349 e. The predicted molar refractivity (Wildman–Crippen MR) is 99.8 cm³/mol. The van der Waals surface area contributed by atoms with E-state index in [4.69, 9.17) is 0 Å². The molecule has 2 N–H and O–H groups in total. The van der Waals surface area contributed by atoms with E-state index in [1.807, 2.05) is 41.4 Å². The van der Waals surface area contributed by atoms with Gasteiger partial charge in [-0.3, -0.25) is 9.78 Å². The summed E-state index contributed by atoms with van der Waals surface area (Å²) < 4.78 is 0. The van der Waals surface area contributed by atoms with Gasteiger partial charge in [-0.1, -0.05) is 24.3 Å². The number of piperidine rings is 1. The van der Waals surface area contributed by atoms with Crippen molar-refractivity contribution in [3.05, 3.63) is 66.0 Å². The quantitative estimate of drug-likeness (QED) is 0.867. The molecule has 0 bridgehead atoms. The fourth-order valence-corrected chi connectivity index (χ4v) is 3.06. The molecule has 6 heteroatoms.